The van der Waals surface area contributed by atoms with Gasteiger partial charge in [-0.3, -0.25) is 14.6 Å². The molecule has 1 aliphatic heterocycles. The predicted octanol–water partition coefficient (Wildman–Crippen LogP) is 2.00. The maximum atomic E-state index is 12.0. The minimum Gasteiger partial charge on any atom is -0.493 e. The van der Waals surface area contributed by atoms with E-state index in [9.17, 15) is 19.5 Å². The number of aromatic amines is 3. The number of carbonyl (C=O) groups excluding carboxylic acids is 1. The third kappa shape index (κ3) is 3.35. The Labute approximate surface area is 153 Å². The molecule has 0 saturated heterocycles. The van der Waals surface area contributed by atoms with E-state index in [2.05, 4.69) is 25.2 Å². The molecule has 4 rings (SSSR count). The zero-order valence-corrected chi connectivity index (χ0v) is 14.2. The average Bonchev–Trinajstić information content (AvgIpc) is 3.11. The number of thioether (sulfide) groups is 1. The van der Waals surface area contributed by atoms with Crippen molar-refractivity contribution in [1.29, 1.82) is 0 Å². The Morgan fingerprint density at radius 1 is 1.07 bits per heavy atom. The molecule has 1 aromatic carbocycles. The summed E-state index contributed by atoms with van der Waals surface area (Å²) in [7, 11) is 0. The molecule has 2 aromatic heterocycles. The standard InChI is InChI=1S/C16H10N6O4S/c23-11-6-7(17-15(26)19-11)5-10-13(24)20-16(27-10)22-21-12-8-3-1-2-4-9(8)18-14(12)25/h1-6,18,25H,(H2,17,19,23,26). The number of hydrogen-bond acceptors (Lipinski definition) is 7. The first-order valence-corrected chi connectivity index (χ1v) is 8.39. The van der Waals surface area contributed by atoms with Gasteiger partial charge >= 0.3 is 5.69 Å². The Balaban J connectivity index is 1.60. The van der Waals surface area contributed by atoms with Gasteiger partial charge in [0, 0.05) is 17.1 Å². The molecule has 0 aliphatic carbocycles. The van der Waals surface area contributed by atoms with Crippen LogP contribution >= 0.6 is 11.8 Å². The van der Waals surface area contributed by atoms with Crippen LogP contribution in [-0.4, -0.2) is 31.1 Å². The number of amidine groups is 1. The molecule has 0 radical (unpaired) electrons. The lowest BCUT2D eigenvalue weighted by molar-refractivity contribution is -0.113. The van der Waals surface area contributed by atoms with Crippen LogP contribution in [-0.2, 0) is 4.79 Å². The molecule has 0 unspecified atom stereocenters. The summed E-state index contributed by atoms with van der Waals surface area (Å²) in [6.45, 7) is 0. The fourth-order valence-corrected chi connectivity index (χ4v) is 3.18. The zero-order chi connectivity index (χ0) is 19.0. The molecule has 4 N–H and O–H groups in total. The molecular formula is C16H10N6O4S. The molecule has 0 fully saturated rings. The van der Waals surface area contributed by atoms with Crippen LogP contribution in [0.15, 0.2) is 60.0 Å². The lowest BCUT2D eigenvalue weighted by Crippen LogP contribution is -2.21. The van der Waals surface area contributed by atoms with Crippen molar-refractivity contribution in [1.82, 2.24) is 15.0 Å². The monoisotopic (exact) mass is 382 g/mol. The molecule has 0 bridgehead atoms. The number of amides is 1. The first-order chi connectivity index (χ1) is 13.0. The SMILES string of the molecule is O=C1N=C(N=Nc2c(O)[nH]c3ccccc23)SC1=Cc1cc(=O)[nH]c(=O)[nH]1. The topological polar surface area (TPSA) is 156 Å². The third-order valence-electron chi connectivity index (χ3n) is 3.57. The summed E-state index contributed by atoms with van der Waals surface area (Å²) in [5.41, 5.74) is -0.169. The fraction of sp³-hybridized carbons (Fsp3) is 0. The molecule has 134 valence electrons. The smallest absolute Gasteiger partial charge is 0.326 e. The molecule has 0 spiro atoms. The van der Waals surface area contributed by atoms with Crippen LogP contribution in [0.25, 0.3) is 17.0 Å². The Morgan fingerprint density at radius 2 is 1.89 bits per heavy atom. The summed E-state index contributed by atoms with van der Waals surface area (Å²) in [6.07, 6.45) is 1.33. The number of nitrogens with zero attached hydrogens (tertiary/aromatic N) is 3. The van der Waals surface area contributed by atoms with E-state index in [1.807, 2.05) is 11.1 Å². The number of azo groups is 1. The molecule has 1 amide bonds. The summed E-state index contributed by atoms with van der Waals surface area (Å²) in [5, 5.41) is 18.6. The van der Waals surface area contributed by atoms with Gasteiger partial charge in [0.05, 0.1) is 10.4 Å². The number of para-hydroxylation sites is 1. The number of benzene rings is 1. The number of H-pyrrole nitrogens is 3. The van der Waals surface area contributed by atoms with Crippen molar-refractivity contribution in [2.75, 3.05) is 0 Å². The molecule has 0 saturated carbocycles. The molecule has 27 heavy (non-hydrogen) atoms. The fourth-order valence-electron chi connectivity index (χ4n) is 2.45. The number of rotatable bonds is 2. The highest BCUT2D eigenvalue weighted by Crippen LogP contribution is 2.36. The van der Waals surface area contributed by atoms with Crippen LogP contribution in [0.1, 0.15) is 5.69 Å². The van der Waals surface area contributed by atoms with Crippen molar-refractivity contribution < 1.29 is 9.90 Å². The highest BCUT2D eigenvalue weighted by molar-refractivity contribution is 8.18. The number of aromatic nitrogens is 3. The highest BCUT2D eigenvalue weighted by Gasteiger charge is 2.22. The maximum absolute atomic E-state index is 12.0. The van der Waals surface area contributed by atoms with Gasteiger partial charge in [0.1, 0.15) is 0 Å². The van der Waals surface area contributed by atoms with Gasteiger partial charge < -0.3 is 15.1 Å². The number of nitrogens with one attached hydrogen (secondary N) is 3. The normalized spacial score (nSPS) is 15.9. The van der Waals surface area contributed by atoms with Gasteiger partial charge in [-0.05, 0) is 23.9 Å². The molecule has 1 aliphatic rings. The minimum atomic E-state index is -0.680. The Kier molecular flexibility index (Phi) is 4.05. The van der Waals surface area contributed by atoms with E-state index < -0.39 is 17.2 Å². The number of hydrogen-bond donors (Lipinski definition) is 4. The van der Waals surface area contributed by atoms with E-state index >= 15 is 0 Å². The molecule has 11 heteroatoms. The maximum Gasteiger partial charge on any atom is 0.326 e. The average molecular weight is 382 g/mol. The van der Waals surface area contributed by atoms with Gasteiger partial charge in [-0.2, -0.15) is 4.99 Å². The van der Waals surface area contributed by atoms with Crippen LogP contribution in [0.4, 0.5) is 5.69 Å². The van der Waals surface area contributed by atoms with Crippen molar-refractivity contribution in [3.05, 3.63) is 61.8 Å². The Hall–Kier alpha value is -3.73. The quantitative estimate of drug-likeness (QED) is 0.394. The second-order valence-corrected chi connectivity index (χ2v) is 6.43. The minimum absolute atomic E-state index is 0.0723. The van der Waals surface area contributed by atoms with Crippen LogP contribution in [0.5, 0.6) is 5.88 Å². The van der Waals surface area contributed by atoms with E-state index in [-0.39, 0.29) is 27.3 Å². The van der Waals surface area contributed by atoms with Crippen LogP contribution in [0.2, 0.25) is 0 Å². The second kappa shape index (κ2) is 6.53. The van der Waals surface area contributed by atoms with Gasteiger partial charge in [0.25, 0.3) is 11.5 Å². The number of carbonyl (C=O) groups is 1. The third-order valence-corrected chi connectivity index (χ3v) is 4.44. The number of aliphatic imine (C=N–C) groups is 1. The van der Waals surface area contributed by atoms with E-state index in [1.165, 1.54) is 6.08 Å². The molecular weight excluding hydrogens is 372 g/mol. The van der Waals surface area contributed by atoms with Crippen molar-refractivity contribution in [2.24, 2.45) is 15.2 Å². The largest absolute Gasteiger partial charge is 0.493 e. The molecule has 3 heterocycles. The summed E-state index contributed by atoms with van der Waals surface area (Å²) in [5.74, 6) is -0.718. The first kappa shape index (κ1) is 16.7. The molecule has 3 aromatic rings. The Bertz CT molecular complexity index is 1250. The summed E-state index contributed by atoms with van der Waals surface area (Å²) in [6, 6.07) is 8.30. The van der Waals surface area contributed by atoms with Gasteiger partial charge in [0.15, 0.2) is 5.69 Å². The predicted molar refractivity (Wildman–Crippen MR) is 100 cm³/mol. The lowest BCUT2D eigenvalue weighted by atomic mass is 10.2. The lowest BCUT2D eigenvalue weighted by Gasteiger charge is -1.94. The van der Waals surface area contributed by atoms with E-state index in [0.717, 1.165) is 17.8 Å². The van der Waals surface area contributed by atoms with Crippen LogP contribution in [0, 0.1) is 0 Å². The number of fused-ring (bicyclic) bond motifs is 1. The van der Waals surface area contributed by atoms with Gasteiger partial charge in [-0.15, -0.1) is 10.2 Å². The van der Waals surface area contributed by atoms with E-state index in [4.69, 9.17) is 0 Å². The highest BCUT2D eigenvalue weighted by atomic mass is 32.2. The van der Waals surface area contributed by atoms with Crippen molar-refractivity contribution >= 4 is 45.5 Å². The second-order valence-electron chi connectivity index (χ2n) is 5.42. The van der Waals surface area contributed by atoms with Gasteiger partial charge in [-0.25, -0.2) is 4.79 Å². The van der Waals surface area contributed by atoms with E-state index in [1.54, 1.807) is 18.2 Å². The van der Waals surface area contributed by atoms with Crippen molar-refractivity contribution in [3.63, 3.8) is 0 Å². The number of aromatic hydroxyl groups is 1. The van der Waals surface area contributed by atoms with Gasteiger partial charge in [-0.1, -0.05) is 18.2 Å². The summed E-state index contributed by atoms with van der Waals surface area (Å²) >= 11 is 0.933. The van der Waals surface area contributed by atoms with Crippen molar-refractivity contribution in [2.45, 2.75) is 0 Å². The summed E-state index contributed by atoms with van der Waals surface area (Å²) < 4.78 is 0. The van der Waals surface area contributed by atoms with Gasteiger partial charge in [0.2, 0.25) is 11.0 Å². The van der Waals surface area contributed by atoms with E-state index in [0.29, 0.717) is 10.9 Å². The van der Waals surface area contributed by atoms with Crippen molar-refractivity contribution in [3.8, 4) is 5.88 Å². The summed E-state index contributed by atoms with van der Waals surface area (Å²) in [4.78, 5) is 45.7. The van der Waals surface area contributed by atoms with Crippen LogP contribution < -0.4 is 11.2 Å². The van der Waals surface area contributed by atoms with Crippen LogP contribution in [0.3, 0.4) is 0 Å². The first-order valence-electron chi connectivity index (χ1n) is 7.57. The zero-order valence-electron chi connectivity index (χ0n) is 13.4. The molecule has 0 atom stereocenters. The molecule has 10 nitrogen and oxygen atoms in total. The Morgan fingerprint density at radius 3 is 2.70 bits per heavy atom.